The van der Waals surface area contributed by atoms with Crippen molar-refractivity contribution in [3.8, 4) is 0 Å². The molecule has 2 saturated carbocycles. The number of amides is 1. The average Bonchev–Trinajstić information content (AvgIpc) is 3.48. The summed E-state index contributed by atoms with van der Waals surface area (Å²) in [6.07, 6.45) is 2.71. The van der Waals surface area contributed by atoms with Crippen molar-refractivity contribution < 1.29 is 27.8 Å². The molecule has 4 aliphatic rings. The van der Waals surface area contributed by atoms with Crippen LogP contribution >= 0.6 is 11.3 Å². The third kappa shape index (κ3) is 6.84. The van der Waals surface area contributed by atoms with Gasteiger partial charge in [0, 0.05) is 31.5 Å². The summed E-state index contributed by atoms with van der Waals surface area (Å²) in [5, 5.41) is 19.0. The lowest BCUT2D eigenvalue weighted by Crippen LogP contribution is -2.51. The molecule has 1 aromatic heterocycles. The lowest BCUT2D eigenvalue weighted by molar-refractivity contribution is -0.165. The van der Waals surface area contributed by atoms with Crippen LogP contribution in [0.15, 0.2) is 53.4 Å². The van der Waals surface area contributed by atoms with Gasteiger partial charge in [-0.05, 0) is 73.1 Å². The van der Waals surface area contributed by atoms with Gasteiger partial charge in [0.2, 0.25) is 15.9 Å². The van der Waals surface area contributed by atoms with E-state index in [9.17, 15) is 18.3 Å². The Hall–Kier alpha value is -2.61. The molecule has 12 heteroatoms. The highest BCUT2D eigenvalue weighted by molar-refractivity contribution is 7.89. The number of benzene rings is 2. The number of hydrogen-bond donors (Lipinski definition) is 3. The number of anilines is 1. The van der Waals surface area contributed by atoms with Crippen LogP contribution in [0.3, 0.4) is 0 Å². The number of carbonyl (C=O) groups excluding carboxylic acids is 1. The molecule has 7 rings (SSSR count). The largest absolute Gasteiger partial charge is 0.390 e. The van der Waals surface area contributed by atoms with Crippen LogP contribution < -0.4 is 10.6 Å². The molecule has 3 aromatic rings. The number of nitrogens with one attached hydrogen (secondary N) is 2. The van der Waals surface area contributed by atoms with Crippen LogP contribution in [0.4, 0.5) is 5.13 Å². The Balaban J connectivity index is 1.09. The third-order valence-corrected chi connectivity index (χ3v) is 12.7. The molecule has 3 N–H and O–H groups in total. The molecule has 3 heterocycles. The second-order valence-electron chi connectivity index (χ2n) is 13.9. The predicted molar refractivity (Wildman–Crippen MR) is 177 cm³/mol. The number of nitrogens with zero attached hydrogens (tertiary/aromatic N) is 2. The van der Waals surface area contributed by atoms with Crippen molar-refractivity contribution in [3.05, 3.63) is 54.1 Å². The first-order valence-electron chi connectivity index (χ1n) is 16.6. The van der Waals surface area contributed by atoms with E-state index in [1.165, 1.54) is 15.6 Å². The maximum atomic E-state index is 14.1. The highest BCUT2D eigenvalue weighted by Crippen LogP contribution is 2.52. The topological polar surface area (TPSA) is 130 Å². The van der Waals surface area contributed by atoms with E-state index in [0.717, 1.165) is 40.2 Å². The minimum Gasteiger partial charge on any atom is -0.390 e. The van der Waals surface area contributed by atoms with Gasteiger partial charge in [-0.1, -0.05) is 55.5 Å². The summed E-state index contributed by atoms with van der Waals surface area (Å²) in [4.78, 5) is 18.4. The Morgan fingerprint density at radius 2 is 1.87 bits per heavy atom. The number of carbonyl (C=O) groups is 1. The Labute approximate surface area is 274 Å². The molecule has 0 spiro atoms. The Kier molecular flexibility index (Phi) is 9.12. The summed E-state index contributed by atoms with van der Waals surface area (Å²) < 4.78 is 42.1. The molecular formula is C34H44N4O6S2. The van der Waals surface area contributed by atoms with Crippen LogP contribution in [0.1, 0.15) is 45.1 Å². The predicted octanol–water partition coefficient (Wildman–Crippen LogP) is 4.25. The number of fused-ring (bicyclic) bond motifs is 2. The van der Waals surface area contributed by atoms with Crippen LogP contribution in [-0.2, 0) is 30.7 Å². The van der Waals surface area contributed by atoms with Crippen molar-refractivity contribution in [2.45, 2.75) is 75.3 Å². The summed E-state index contributed by atoms with van der Waals surface area (Å²) in [6, 6.07) is 14.5. The minimum atomic E-state index is -3.96. The number of aliphatic hydroxyl groups is 1. The van der Waals surface area contributed by atoms with E-state index in [2.05, 4.69) is 15.6 Å². The fraction of sp³-hybridized carbons (Fsp3) is 0.588. The van der Waals surface area contributed by atoms with Crippen molar-refractivity contribution in [2.75, 3.05) is 31.6 Å². The van der Waals surface area contributed by atoms with E-state index in [1.807, 2.05) is 44.2 Å². The molecule has 4 fully saturated rings. The van der Waals surface area contributed by atoms with E-state index in [0.29, 0.717) is 49.9 Å². The standard InChI is InChI=1S/C34H44N4O6S2/c1-20(2)16-38(46(41,42)24-10-11-28-31(14-24)45-34(37-28)35-23-8-9-23)17-30(39)29(12-21-6-4-3-5-7-21)36-32(40)15-25-22-13-26-27(25)19-44-33(26)43-18-22/h3-7,10-11,14,20,22-23,25-27,29-30,33,39H,8-9,12-13,15-19H2,1-2H3,(H,35,37)(H,36,40)/t22?,25-,26?,27-,29-,30+,33-/m0/s1. The molecular weight excluding hydrogens is 625 g/mol. The molecule has 2 unspecified atom stereocenters. The third-order valence-electron chi connectivity index (χ3n) is 9.95. The van der Waals surface area contributed by atoms with Gasteiger partial charge in [-0.3, -0.25) is 4.79 Å². The molecule has 248 valence electrons. The lowest BCUT2D eigenvalue weighted by Gasteiger charge is -2.31. The van der Waals surface area contributed by atoms with Crippen molar-refractivity contribution in [3.63, 3.8) is 0 Å². The maximum absolute atomic E-state index is 14.1. The zero-order valence-electron chi connectivity index (χ0n) is 26.4. The van der Waals surface area contributed by atoms with E-state index in [4.69, 9.17) is 9.47 Å². The first-order chi connectivity index (χ1) is 22.1. The van der Waals surface area contributed by atoms with Crippen molar-refractivity contribution in [2.24, 2.45) is 29.6 Å². The maximum Gasteiger partial charge on any atom is 0.243 e. The first-order valence-corrected chi connectivity index (χ1v) is 18.8. The summed E-state index contributed by atoms with van der Waals surface area (Å²) >= 11 is 1.45. The minimum absolute atomic E-state index is 0.0204. The summed E-state index contributed by atoms with van der Waals surface area (Å²) in [7, 11) is -3.96. The molecule has 2 aliphatic carbocycles. The first kappa shape index (κ1) is 32.0. The smallest absolute Gasteiger partial charge is 0.243 e. The molecule has 7 atom stereocenters. The van der Waals surface area contributed by atoms with Crippen molar-refractivity contribution >= 4 is 42.6 Å². The number of aliphatic hydroxyl groups excluding tert-OH is 1. The van der Waals surface area contributed by atoms with Gasteiger partial charge in [-0.25, -0.2) is 13.4 Å². The van der Waals surface area contributed by atoms with Crippen LogP contribution in [0, 0.1) is 29.6 Å². The van der Waals surface area contributed by atoms with Gasteiger partial charge in [0.25, 0.3) is 0 Å². The number of sulfonamides is 1. The molecule has 10 nitrogen and oxygen atoms in total. The number of rotatable bonds is 14. The van der Waals surface area contributed by atoms with Crippen LogP contribution in [0.25, 0.3) is 10.2 Å². The van der Waals surface area contributed by atoms with Crippen LogP contribution in [0.2, 0.25) is 0 Å². The quantitative estimate of drug-likeness (QED) is 0.233. The zero-order chi connectivity index (χ0) is 32.0. The number of ether oxygens (including phenoxy) is 2. The summed E-state index contributed by atoms with van der Waals surface area (Å²) in [6.45, 7) is 5.23. The van der Waals surface area contributed by atoms with Gasteiger partial charge in [-0.15, -0.1) is 0 Å². The summed E-state index contributed by atoms with van der Waals surface area (Å²) in [5.74, 6) is 1.05. The Morgan fingerprint density at radius 1 is 1.09 bits per heavy atom. The monoisotopic (exact) mass is 668 g/mol. The fourth-order valence-electron chi connectivity index (χ4n) is 7.48. The Bertz CT molecular complexity index is 1650. The normalized spacial score (nSPS) is 26.9. The fourth-order valence-corrected chi connectivity index (χ4v) is 10.2. The van der Waals surface area contributed by atoms with Crippen molar-refractivity contribution in [1.82, 2.24) is 14.6 Å². The highest BCUT2D eigenvalue weighted by atomic mass is 32.2. The number of aromatic nitrogens is 1. The molecule has 2 aliphatic heterocycles. The van der Waals surface area contributed by atoms with Gasteiger partial charge >= 0.3 is 0 Å². The van der Waals surface area contributed by atoms with Gasteiger partial charge in [0.05, 0.1) is 40.5 Å². The SMILES string of the molecule is CC(C)CN(C[C@@H](O)[C@H](Cc1ccccc1)NC(=O)C[C@H]1C2CO[C@H]3OC[C@@H]1C3C2)S(=O)(=O)c1ccc2nc(NC3CC3)sc2c1. The lowest BCUT2D eigenvalue weighted by atomic mass is 9.86. The second-order valence-corrected chi connectivity index (χ2v) is 16.9. The second kappa shape index (κ2) is 13.1. The van der Waals surface area contributed by atoms with E-state index >= 15 is 0 Å². The van der Waals surface area contributed by atoms with Crippen molar-refractivity contribution in [1.29, 1.82) is 0 Å². The van der Waals surface area contributed by atoms with Gasteiger partial charge in [-0.2, -0.15) is 4.31 Å². The van der Waals surface area contributed by atoms with E-state index in [1.54, 1.807) is 18.2 Å². The molecule has 46 heavy (non-hydrogen) atoms. The summed E-state index contributed by atoms with van der Waals surface area (Å²) in [5.41, 5.74) is 1.71. The zero-order valence-corrected chi connectivity index (χ0v) is 28.0. The van der Waals surface area contributed by atoms with E-state index in [-0.39, 0.29) is 42.0 Å². The van der Waals surface area contributed by atoms with Gasteiger partial charge < -0.3 is 25.2 Å². The van der Waals surface area contributed by atoms with Crippen LogP contribution in [-0.4, -0.2) is 79.5 Å². The van der Waals surface area contributed by atoms with Crippen LogP contribution in [0.5, 0.6) is 0 Å². The average molecular weight is 669 g/mol. The molecule has 2 bridgehead atoms. The Morgan fingerprint density at radius 3 is 2.63 bits per heavy atom. The molecule has 1 amide bonds. The number of thiazole rings is 1. The van der Waals surface area contributed by atoms with Gasteiger partial charge in [0.1, 0.15) is 0 Å². The molecule has 2 aromatic carbocycles. The highest BCUT2D eigenvalue weighted by Gasteiger charge is 2.54. The van der Waals surface area contributed by atoms with Gasteiger partial charge in [0.15, 0.2) is 11.4 Å². The number of hydrogen-bond acceptors (Lipinski definition) is 9. The molecule has 0 radical (unpaired) electrons. The van der Waals surface area contributed by atoms with E-state index < -0.39 is 22.2 Å². The molecule has 2 saturated heterocycles.